The molecule has 4 N–H and O–H groups in total. The highest BCUT2D eigenvalue weighted by atomic mass is 19.1. The number of rotatable bonds is 6. The molecule has 0 atom stereocenters. The zero-order valence-corrected chi connectivity index (χ0v) is 13.8. The summed E-state index contributed by atoms with van der Waals surface area (Å²) in [5, 5.41) is 5.46. The predicted octanol–water partition coefficient (Wildman–Crippen LogP) is 2.90. The lowest BCUT2D eigenvalue weighted by Crippen LogP contribution is -2.25. The minimum Gasteiger partial charge on any atom is -0.391 e. The Morgan fingerprint density at radius 1 is 1.16 bits per heavy atom. The number of hydrogen-bond donors (Lipinski definition) is 3. The fraction of sp³-hybridized carbons (Fsp3) is 0.0526. The summed E-state index contributed by atoms with van der Waals surface area (Å²) in [6, 6.07) is 14.8. The van der Waals surface area contributed by atoms with Crippen molar-refractivity contribution in [3.05, 3.63) is 84.1 Å². The fourth-order valence-electron chi connectivity index (χ4n) is 1.98. The van der Waals surface area contributed by atoms with Crippen molar-refractivity contribution < 1.29 is 9.18 Å². The minimum absolute atomic E-state index is 0.0606. The monoisotopic (exact) mass is 338 g/mol. The Bertz CT molecular complexity index is 811. The van der Waals surface area contributed by atoms with E-state index >= 15 is 0 Å². The Morgan fingerprint density at radius 2 is 1.80 bits per heavy atom. The van der Waals surface area contributed by atoms with Crippen molar-refractivity contribution in [2.45, 2.75) is 0 Å². The smallest absolute Gasteiger partial charge is 0.275 e. The maximum atomic E-state index is 13.0. The molecule has 25 heavy (non-hydrogen) atoms. The molecule has 0 fully saturated rings. The van der Waals surface area contributed by atoms with Crippen LogP contribution in [0.15, 0.2) is 77.7 Å². The number of carbonyl (C=O) groups is 1. The molecule has 128 valence electrons. The first-order valence-corrected chi connectivity index (χ1v) is 7.54. The van der Waals surface area contributed by atoms with Crippen molar-refractivity contribution in [1.29, 1.82) is 0 Å². The van der Waals surface area contributed by atoms with E-state index in [-0.39, 0.29) is 17.3 Å². The van der Waals surface area contributed by atoms with Crippen molar-refractivity contribution in [3.63, 3.8) is 0 Å². The Kier molecular flexibility index (Phi) is 6.06. The summed E-state index contributed by atoms with van der Waals surface area (Å²) < 4.78 is 13.0. The number of amides is 1. The largest absolute Gasteiger partial charge is 0.391 e. The molecule has 0 spiro atoms. The van der Waals surface area contributed by atoms with Gasteiger partial charge in [0.1, 0.15) is 11.5 Å². The van der Waals surface area contributed by atoms with E-state index in [0.29, 0.717) is 16.8 Å². The van der Waals surface area contributed by atoms with Crippen LogP contribution in [-0.4, -0.2) is 19.2 Å². The fourth-order valence-corrected chi connectivity index (χ4v) is 1.98. The van der Waals surface area contributed by atoms with E-state index in [1.165, 1.54) is 18.3 Å². The van der Waals surface area contributed by atoms with Gasteiger partial charge in [0.05, 0.1) is 0 Å². The van der Waals surface area contributed by atoms with Gasteiger partial charge in [-0.3, -0.25) is 4.79 Å². The van der Waals surface area contributed by atoms with Crippen LogP contribution in [0.4, 0.5) is 10.1 Å². The molecule has 1 amide bonds. The molecule has 0 bridgehead atoms. The highest BCUT2D eigenvalue weighted by Gasteiger charge is 2.11. The topological polar surface area (TPSA) is 79.5 Å². The van der Waals surface area contributed by atoms with Crippen LogP contribution in [0.5, 0.6) is 0 Å². The number of halogens is 1. The molecule has 0 unspecified atom stereocenters. The summed E-state index contributed by atoms with van der Waals surface area (Å²) in [5.41, 5.74) is 7.72. The van der Waals surface area contributed by atoms with Crippen molar-refractivity contribution in [2.75, 3.05) is 12.4 Å². The molecule has 0 aromatic heterocycles. The summed E-state index contributed by atoms with van der Waals surface area (Å²) in [7, 11) is 1.61. The molecular weight excluding hydrogens is 319 g/mol. The molecule has 2 aromatic rings. The molecule has 0 aliphatic heterocycles. The summed E-state index contributed by atoms with van der Waals surface area (Å²) >= 11 is 0. The van der Waals surface area contributed by atoms with E-state index in [1.54, 1.807) is 43.4 Å². The van der Waals surface area contributed by atoms with Gasteiger partial charge in [-0.2, -0.15) is 0 Å². The van der Waals surface area contributed by atoms with E-state index in [1.807, 2.05) is 6.07 Å². The lowest BCUT2D eigenvalue weighted by atomic mass is 10.1. The van der Waals surface area contributed by atoms with Crippen molar-refractivity contribution in [2.24, 2.45) is 10.7 Å². The van der Waals surface area contributed by atoms with Gasteiger partial charge in [0.25, 0.3) is 5.91 Å². The predicted molar refractivity (Wildman–Crippen MR) is 99.3 cm³/mol. The van der Waals surface area contributed by atoms with Gasteiger partial charge < -0.3 is 16.4 Å². The van der Waals surface area contributed by atoms with E-state index in [2.05, 4.69) is 22.2 Å². The standard InChI is InChI=1S/C19H19FN4O/c1-13(14-8-10-15(20)11-9-14)12-23-18(22-2)17(21)19(25)24-16-6-4-3-5-7-16/h3-12,22H,1,21H2,2H3,(H,24,25)/b18-17-,23-12?. The van der Waals surface area contributed by atoms with Crippen LogP contribution >= 0.6 is 0 Å². The highest BCUT2D eigenvalue weighted by Crippen LogP contribution is 2.12. The number of aliphatic imine (C=N–C) groups is 1. The lowest BCUT2D eigenvalue weighted by molar-refractivity contribution is -0.113. The minimum atomic E-state index is -0.472. The molecule has 0 heterocycles. The van der Waals surface area contributed by atoms with Crippen LogP contribution < -0.4 is 16.4 Å². The number of nitrogens with one attached hydrogen (secondary N) is 2. The maximum Gasteiger partial charge on any atom is 0.275 e. The molecule has 0 saturated carbocycles. The Hall–Kier alpha value is -3.41. The van der Waals surface area contributed by atoms with Crippen LogP contribution in [0.3, 0.4) is 0 Å². The van der Waals surface area contributed by atoms with Crippen molar-refractivity contribution in [3.8, 4) is 0 Å². The van der Waals surface area contributed by atoms with Crippen LogP contribution in [0.2, 0.25) is 0 Å². The third-order valence-electron chi connectivity index (χ3n) is 3.33. The van der Waals surface area contributed by atoms with Gasteiger partial charge in [0, 0.05) is 18.9 Å². The number of carbonyl (C=O) groups excluding carboxylic acids is 1. The van der Waals surface area contributed by atoms with Gasteiger partial charge in [0.2, 0.25) is 0 Å². The first kappa shape index (κ1) is 17.9. The van der Waals surface area contributed by atoms with Crippen LogP contribution in [0.1, 0.15) is 5.56 Å². The van der Waals surface area contributed by atoms with Crippen molar-refractivity contribution in [1.82, 2.24) is 5.32 Å². The van der Waals surface area contributed by atoms with Gasteiger partial charge in [-0.1, -0.05) is 36.9 Å². The summed E-state index contributed by atoms with van der Waals surface area (Å²) in [5.74, 6) is -0.595. The number of allylic oxidation sites excluding steroid dienone is 1. The normalized spacial score (nSPS) is 11.8. The second-order valence-corrected chi connectivity index (χ2v) is 5.12. The zero-order valence-electron chi connectivity index (χ0n) is 13.8. The quantitative estimate of drug-likeness (QED) is 0.560. The molecule has 5 nitrogen and oxygen atoms in total. The van der Waals surface area contributed by atoms with Crippen LogP contribution in [-0.2, 0) is 4.79 Å². The molecular formula is C19H19FN4O. The SMILES string of the molecule is C=C(C=N/C(NC)=C(\N)C(=O)Nc1ccccc1)c1ccc(F)cc1. The third kappa shape index (κ3) is 5.04. The van der Waals surface area contributed by atoms with Gasteiger partial charge >= 0.3 is 0 Å². The molecule has 0 saturated heterocycles. The van der Waals surface area contributed by atoms with Crippen LogP contribution in [0.25, 0.3) is 5.57 Å². The Morgan fingerprint density at radius 3 is 2.40 bits per heavy atom. The zero-order chi connectivity index (χ0) is 18.2. The lowest BCUT2D eigenvalue weighted by Gasteiger charge is -2.08. The second-order valence-electron chi connectivity index (χ2n) is 5.12. The average Bonchev–Trinajstić information content (AvgIpc) is 2.63. The van der Waals surface area contributed by atoms with E-state index in [4.69, 9.17) is 5.73 Å². The van der Waals surface area contributed by atoms with Gasteiger partial charge in [0.15, 0.2) is 5.82 Å². The number of nitrogens with zero attached hydrogens (tertiary/aromatic N) is 1. The van der Waals surface area contributed by atoms with E-state index in [0.717, 1.165) is 0 Å². The first-order chi connectivity index (χ1) is 12.0. The van der Waals surface area contributed by atoms with E-state index < -0.39 is 5.91 Å². The number of nitrogens with two attached hydrogens (primary N) is 1. The maximum absolute atomic E-state index is 13.0. The Labute approximate surface area is 145 Å². The Balaban J connectivity index is 2.13. The summed E-state index contributed by atoms with van der Waals surface area (Å²) in [4.78, 5) is 16.4. The molecule has 6 heteroatoms. The van der Waals surface area contributed by atoms with Gasteiger partial charge in [-0.15, -0.1) is 0 Å². The summed E-state index contributed by atoms with van der Waals surface area (Å²) in [6.45, 7) is 3.87. The van der Waals surface area contributed by atoms with Gasteiger partial charge in [-0.05, 0) is 35.4 Å². The first-order valence-electron chi connectivity index (χ1n) is 7.54. The van der Waals surface area contributed by atoms with Gasteiger partial charge in [-0.25, -0.2) is 9.38 Å². The second kappa shape index (κ2) is 8.44. The average molecular weight is 338 g/mol. The molecule has 0 aliphatic rings. The van der Waals surface area contributed by atoms with Crippen molar-refractivity contribution >= 4 is 23.4 Å². The molecule has 0 radical (unpaired) electrons. The van der Waals surface area contributed by atoms with E-state index in [9.17, 15) is 9.18 Å². The molecule has 0 aliphatic carbocycles. The molecule has 2 rings (SSSR count). The number of anilines is 1. The van der Waals surface area contributed by atoms with Crippen LogP contribution in [0, 0.1) is 5.82 Å². The highest BCUT2D eigenvalue weighted by molar-refractivity contribution is 6.09. The number of hydrogen-bond acceptors (Lipinski definition) is 4. The number of benzene rings is 2. The number of para-hydroxylation sites is 1. The molecule has 2 aromatic carbocycles. The summed E-state index contributed by atoms with van der Waals surface area (Å²) in [6.07, 6.45) is 1.46. The third-order valence-corrected chi connectivity index (χ3v) is 3.33.